The first-order chi connectivity index (χ1) is 7.06. The lowest BCUT2D eigenvalue weighted by molar-refractivity contribution is 0.397. The Hall–Kier alpha value is -0.850. The Balaban J connectivity index is 2.79. The highest BCUT2D eigenvalue weighted by atomic mass is 79.9. The van der Waals surface area contributed by atoms with Crippen molar-refractivity contribution in [3.8, 4) is 0 Å². The molecule has 2 rings (SSSR count). The van der Waals surface area contributed by atoms with Crippen LogP contribution in [0.3, 0.4) is 0 Å². The van der Waals surface area contributed by atoms with Gasteiger partial charge in [0.1, 0.15) is 4.90 Å². The Morgan fingerprint density at radius 3 is 2.73 bits per heavy atom. The second-order valence-electron chi connectivity index (χ2n) is 2.94. The van der Waals surface area contributed by atoms with Crippen LogP contribution in [0.5, 0.6) is 0 Å². The molecule has 0 aliphatic heterocycles. The average molecular weight is 290 g/mol. The summed E-state index contributed by atoms with van der Waals surface area (Å²) in [5, 5.41) is 0.942. The second kappa shape index (κ2) is 3.62. The molecule has 15 heavy (non-hydrogen) atoms. The van der Waals surface area contributed by atoms with Gasteiger partial charge in [-0.05, 0) is 28.1 Å². The fourth-order valence-electron chi connectivity index (χ4n) is 1.36. The van der Waals surface area contributed by atoms with Crippen LogP contribution in [0.1, 0.15) is 0 Å². The van der Waals surface area contributed by atoms with E-state index < -0.39 is 10.1 Å². The van der Waals surface area contributed by atoms with Crippen molar-refractivity contribution >= 4 is 37.0 Å². The van der Waals surface area contributed by atoms with Gasteiger partial charge in [-0.15, -0.1) is 0 Å². The molecule has 0 aliphatic rings. The Kier molecular flexibility index (Phi) is 2.57. The molecule has 1 aromatic carbocycles. The Morgan fingerprint density at radius 2 is 2.07 bits per heavy atom. The summed E-state index contributed by atoms with van der Waals surface area (Å²) in [6.45, 7) is 0. The van der Waals surface area contributed by atoms with E-state index in [4.69, 9.17) is 0 Å². The number of hydrogen-bond acceptors (Lipinski definition) is 3. The van der Waals surface area contributed by atoms with Crippen molar-refractivity contribution in [1.82, 2.24) is 4.98 Å². The smallest absolute Gasteiger partial charge is 0.297 e. The molecule has 0 saturated carbocycles. The molecule has 80 valence electrons. The first kappa shape index (κ1) is 10.7. The maximum atomic E-state index is 11.5. The quantitative estimate of drug-likeness (QED) is 0.863. The summed E-state index contributed by atoms with van der Waals surface area (Å²) in [5.41, 5.74) is 0.744. The molecular formula is C9H8BrNO3S. The number of benzene rings is 1. The molecule has 6 heteroatoms. The fourth-order valence-corrected chi connectivity index (χ4v) is 3.16. The first-order valence-corrected chi connectivity index (χ1v) is 6.32. The standard InChI is InChI=1S/C9H8BrNO3S/c1-14-15(12,13)7-3-2-6-4-5-11-9(6)8(7)10/h2-5,11H,1H3. The predicted molar refractivity (Wildman–Crippen MR) is 60.2 cm³/mol. The minimum atomic E-state index is -3.67. The summed E-state index contributed by atoms with van der Waals surface area (Å²) in [4.78, 5) is 3.08. The lowest BCUT2D eigenvalue weighted by atomic mass is 10.2. The number of rotatable bonds is 2. The molecule has 0 radical (unpaired) electrons. The van der Waals surface area contributed by atoms with Crippen LogP contribution in [0.2, 0.25) is 0 Å². The summed E-state index contributed by atoms with van der Waals surface area (Å²) in [5.74, 6) is 0. The van der Waals surface area contributed by atoms with E-state index in [-0.39, 0.29) is 4.90 Å². The van der Waals surface area contributed by atoms with Crippen LogP contribution in [0.25, 0.3) is 10.9 Å². The molecule has 0 fully saturated rings. The van der Waals surface area contributed by atoms with Crippen LogP contribution in [-0.4, -0.2) is 20.5 Å². The van der Waals surface area contributed by atoms with Gasteiger partial charge in [-0.25, -0.2) is 0 Å². The van der Waals surface area contributed by atoms with E-state index in [2.05, 4.69) is 25.1 Å². The van der Waals surface area contributed by atoms with Crippen molar-refractivity contribution in [3.63, 3.8) is 0 Å². The highest BCUT2D eigenvalue weighted by Gasteiger charge is 2.18. The zero-order valence-electron chi connectivity index (χ0n) is 7.82. The monoisotopic (exact) mass is 289 g/mol. The second-order valence-corrected chi connectivity index (χ2v) is 5.41. The van der Waals surface area contributed by atoms with E-state index in [1.54, 1.807) is 12.3 Å². The van der Waals surface area contributed by atoms with Crippen molar-refractivity contribution in [3.05, 3.63) is 28.9 Å². The molecule has 0 atom stereocenters. The summed E-state index contributed by atoms with van der Waals surface area (Å²) in [7, 11) is -2.53. The van der Waals surface area contributed by atoms with Crippen molar-refractivity contribution in [2.24, 2.45) is 0 Å². The summed E-state index contributed by atoms with van der Waals surface area (Å²) < 4.78 is 28.0. The van der Waals surface area contributed by atoms with Gasteiger partial charge in [-0.3, -0.25) is 4.18 Å². The van der Waals surface area contributed by atoms with E-state index in [0.717, 1.165) is 18.0 Å². The lowest BCUT2D eigenvalue weighted by Crippen LogP contribution is -2.03. The number of hydrogen-bond donors (Lipinski definition) is 1. The largest absolute Gasteiger partial charge is 0.360 e. The molecule has 1 heterocycles. The van der Waals surface area contributed by atoms with Gasteiger partial charge in [0.05, 0.1) is 17.1 Å². The van der Waals surface area contributed by atoms with Gasteiger partial charge in [0.2, 0.25) is 0 Å². The SMILES string of the molecule is COS(=O)(=O)c1ccc2cc[nH]c2c1Br. The van der Waals surface area contributed by atoms with Crippen molar-refractivity contribution in [1.29, 1.82) is 0 Å². The summed E-state index contributed by atoms with van der Waals surface area (Å²) in [6, 6.07) is 5.10. The number of H-pyrrole nitrogens is 1. The van der Waals surface area contributed by atoms with Gasteiger partial charge in [0.15, 0.2) is 0 Å². The molecule has 1 aromatic heterocycles. The first-order valence-electron chi connectivity index (χ1n) is 4.12. The number of aromatic nitrogens is 1. The van der Waals surface area contributed by atoms with Crippen molar-refractivity contribution < 1.29 is 12.6 Å². The molecule has 1 N–H and O–H groups in total. The molecule has 2 aromatic rings. The van der Waals surface area contributed by atoms with Gasteiger partial charge in [0, 0.05) is 11.6 Å². The van der Waals surface area contributed by atoms with Crippen LogP contribution in [0, 0.1) is 0 Å². The number of fused-ring (bicyclic) bond motifs is 1. The third kappa shape index (κ3) is 1.68. The van der Waals surface area contributed by atoms with Crippen LogP contribution < -0.4 is 0 Å². The Bertz CT molecular complexity index is 603. The minimum absolute atomic E-state index is 0.125. The highest BCUT2D eigenvalue weighted by Crippen LogP contribution is 2.30. The summed E-state index contributed by atoms with van der Waals surface area (Å²) >= 11 is 3.25. The average Bonchev–Trinajstić information content (AvgIpc) is 2.66. The van der Waals surface area contributed by atoms with Crippen molar-refractivity contribution in [2.45, 2.75) is 4.90 Å². The van der Waals surface area contributed by atoms with E-state index in [9.17, 15) is 8.42 Å². The van der Waals surface area contributed by atoms with Crippen LogP contribution >= 0.6 is 15.9 Å². The molecular weight excluding hydrogens is 282 g/mol. The van der Waals surface area contributed by atoms with E-state index >= 15 is 0 Å². The van der Waals surface area contributed by atoms with E-state index in [0.29, 0.717) is 4.47 Å². The third-order valence-electron chi connectivity index (χ3n) is 2.12. The van der Waals surface area contributed by atoms with Gasteiger partial charge < -0.3 is 4.98 Å². The van der Waals surface area contributed by atoms with Crippen molar-refractivity contribution in [2.75, 3.05) is 7.11 Å². The minimum Gasteiger partial charge on any atom is -0.360 e. The maximum Gasteiger partial charge on any atom is 0.297 e. The van der Waals surface area contributed by atoms with Gasteiger partial charge in [-0.1, -0.05) is 6.07 Å². The number of nitrogens with one attached hydrogen (secondary N) is 1. The fraction of sp³-hybridized carbons (Fsp3) is 0.111. The van der Waals surface area contributed by atoms with E-state index in [1.165, 1.54) is 6.07 Å². The van der Waals surface area contributed by atoms with Crippen LogP contribution in [0.15, 0.2) is 33.8 Å². The Labute approximate surface area is 95.5 Å². The molecule has 0 bridgehead atoms. The molecule has 0 amide bonds. The molecule has 0 unspecified atom stereocenters. The number of aromatic amines is 1. The lowest BCUT2D eigenvalue weighted by Gasteiger charge is -2.04. The topological polar surface area (TPSA) is 59.2 Å². The van der Waals surface area contributed by atoms with Gasteiger partial charge in [0.25, 0.3) is 10.1 Å². The zero-order valence-corrected chi connectivity index (χ0v) is 10.2. The normalized spacial score (nSPS) is 12.1. The number of halogens is 1. The molecule has 0 saturated heterocycles. The van der Waals surface area contributed by atoms with Crippen LogP contribution in [-0.2, 0) is 14.3 Å². The van der Waals surface area contributed by atoms with Gasteiger partial charge >= 0.3 is 0 Å². The third-order valence-corrected chi connectivity index (χ3v) is 4.52. The van der Waals surface area contributed by atoms with E-state index in [1.807, 2.05) is 6.07 Å². The predicted octanol–water partition coefficient (Wildman–Crippen LogP) is 2.27. The van der Waals surface area contributed by atoms with Crippen LogP contribution in [0.4, 0.5) is 0 Å². The zero-order chi connectivity index (χ0) is 11.1. The maximum absolute atomic E-state index is 11.5. The molecule has 4 nitrogen and oxygen atoms in total. The molecule has 0 aliphatic carbocycles. The Morgan fingerprint density at radius 1 is 1.33 bits per heavy atom. The molecule has 0 spiro atoms. The summed E-state index contributed by atoms with van der Waals surface area (Å²) in [6.07, 6.45) is 1.75. The van der Waals surface area contributed by atoms with Gasteiger partial charge in [-0.2, -0.15) is 8.42 Å². The highest BCUT2D eigenvalue weighted by molar-refractivity contribution is 9.10.